The molecule has 0 aliphatic heterocycles. The summed E-state index contributed by atoms with van der Waals surface area (Å²) in [6.45, 7) is 0.0970. The number of anilines is 2. The quantitative estimate of drug-likeness (QED) is 0.794. The van der Waals surface area contributed by atoms with Crippen molar-refractivity contribution < 1.29 is 9.59 Å². The fourth-order valence-corrected chi connectivity index (χ4v) is 1.96. The predicted octanol–water partition coefficient (Wildman–Crippen LogP) is 2.75. The Bertz CT molecular complexity index is 671. The summed E-state index contributed by atoms with van der Waals surface area (Å²) in [6, 6.07) is 13.8. The zero-order valence-corrected chi connectivity index (χ0v) is 12.8. The molecular formula is C16H16ClN3O2. The standard InChI is InChI=1S/C16H16ClN3O2/c1-18-16(22)11-3-2-4-14(9-11)19-10-15(21)20-13-7-5-12(17)6-8-13/h2-9,19H,10H2,1H3,(H,18,22)(H,20,21). The van der Waals surface area contributed by atoms with Crippen LogP contribution in [0.3, 0.4) is 0 Å². The number of nitrogens with one attached hydrogen (secondary N) is 3. The molecule has 2 aromatic carbocycles. The summed E-state index contributed by atoms with van der Waals surface area (Å²) in [5.41, 5.74) is 1.91. The van der Waals surface area contributed by atoms with Crippen molar-refractivity contribution in [3.05, 3.63) is 59.1 Å². The van der Waals surface area contributed by atoms with Gasteiger partial charge in [-0.05, 0) is 42.5 Å². The van der Waals surface area contributed by atoms with Gasteiger partial charge < -0.3 is 16.0 Å². The van der Waals surface area contributed by atoms with E-state index in [2.05, 4.69) is 16.0 Å². The maximum Gasteiger partial charge on any atom is 0.251 e. The highest BCUT2D eigenvalue weighted by Crippen LogP contribution is 2.14. The number of amides is 2. The molecule has 2 rings (SSSR count). The average molecular weight is 318 g/mol. The SMILES string of the molecule is CNC(=O)c1cccc(NCC(=O)Nc2ccc(Cl)cc2)c1. The molecule has 0 aliphatic carbocycles. The van der Waals surface area contributed by atoms with Crippen molar-refractivity contribution in [1.82, 2.24) is 5.32 Å². The van der Waals surface area contributed by atoms with E-state index in [4.69, 9.17) is 11.6 Å². The van der Waals surface area contributed by atoms with Gasteiger partial charge in [-0.25, -0.2) is 0 Å². The normalized spacial score (nSPS) is 9.91. The molecule has 6 heteroatoms. The number of hydrogen-bond acceptors (Lipinski definition) is 3. The molecule has 0 heterocycles. The van der Waals surface area contributed by atoms with Crippen molar-refractivity contribution in [1.29, 1.82) is 0 Å². The Morgan fingerprint density at radius 2 is 1.77 bits per heavy atom. The molecule has 0 aromatic heterocycles. The summed E-state index contributed by atoms with van der Waals surface area (Å²) in [5.74, 6) is -0.359. The molecule has 5 nitrogen and oxygen atoms in total. The fourth-order valence-electron chi connectivity index (χ4n) is 1.84. The predicted molar refractivity (Wildman–Crippen MR) is 88.4 cm³/mol. The Morgan fingerprint density at radius 3 is 2.45 bits per heavy atom. The fraction of sp³-hybridized carbons (Fsp3) is 0.125. The summed E-state index contributed by atoms with van der Waals surface area (Å²) in [5, 5.41) is 8.89. The third kappa shape index (κ3) is 4.49. The van der Waals surface area contributed by atoms with Crippen molar-refractivity contribution >= 4 is 34.8 Å². The van der Waals surface area contributed by atoms with Crippen LogP contribution in [-0.4, -0.2) is 25.4 Å². The van der Waals surface area contributed by atoms with Crippen LogP contribution in [0.4, 0.5) is 11.4 Å². The van der Waals surface area contributed by atoms with E-state index in [-0.39, 0.29) is 18.4 Å². The number of halogens is 1. The van der Waals surface area contributed by atoms with Gasteiger partial charge in [-0.15, -0.1) is 0 Å². The van der Waals surface area contributed by atoms with Crippen molar-refractivity contribution in [2.24, 2.45) is 0 Å². The van der Waals surface area contributed by atoms with E-state index < -0.39 is 0 Å². The molecule has 0 fully saturated rings. The molecule has 0 radical (unpaired) electrons. The molecule has 2 aromatic rings. The van der Waals surface area contributed by atoms with Crippen molar-refractivity contribution in [3.8, 4) is 0 Å². The van der Waals surface area contributed by atoms with Gasteiger partial charge in [0.05, 0.1) is 6.54 Å². The minimum atomic E-state index is -0.187. The van der Waals surface area contributed by atoms with Crippen molar-refractivity contribution in [2.45, 2.75) is 0 Å². The molecule has 0 saturated heterocycles. The highest BCUT2D eigenvalue weighted by molar-refractivity contribution is 6.30. The molecule has 114 valence electrons. The van der Waals surface area contributed by atoms with Gasteiger partial charge >= 0.3 is 0 Å². The molecule has 0 aliphatic rings. The minimum Gasteiger partial charge on any atom is -0.376 e. The first-order valence-electron chi connectivity index (χ1n) is 6.70. The Morgan fingerprint density at radius 1 is 1.05 bits per heavy atom. The van der Waals surface area contributed by atoms with Gasteiger partial charge in [-0.1, -0.05) is 17.7 Å². The second-order valence-electron chi connectivity index (χ2n) is 4.57. The second kappa shape index (κ2) is 7.47. The molecule has 22 heavy (non-hydrogen) atoms. The van der Waals surface area contributed by atoms with Crippen LogP contribution in [0.2, 0.25) is 5.02 Å². The first kappa shape index (κ1) is 15.9. The average Bonchev–Trinajstić information content (AvgIpc) is 2.54. The van der Waals surface area contributed by atoms with Crippen LogP contribution in [0, 0.1) is 0 Å². The van der Waals surface area contributed by atoms with Crippen molar-refractivity contribution in [3.63, 3.8) is 0 Å². The van der Waals surface area contributed by atoms with Crippen LogP contribution in [0.1, 0.15) is 10.4 Å². The van der Waals surface area contributed by atoms with Crippen molar-refractivity contribution in [2.75, 3.05) is 24.2 Å². The summed E-state index contributed by atoms with van der Waals surface area (Å²) in [6.07, 6.45) is 0. The maximum atomic E-state index is 11.9. The number of rotatable bonds is 5. The number of hydrogen-bond donors (Lipinski definition) is 3. The number of benzene rings is 2. The Labute approximate surface area is 133 Å². The van der Waals surface area contributed by atoms with E-state index in [1.54, 1.807) is 55.6 Å². The third-order valence-corrected chi connectivity index (χ3v) is 3.18. The van der Waals surface area contributed by atoms with Gasteiger partial charge in [0.15, 0.2) is 0 Å². The van der Waals surface area contributed by atoms with Gasteiger partial charge in [-0.2, -0.15) is 0 Å². The third-order valence-electron chi connectivity index (χ3n) is 2.93. The first-order valence-corrected chi connectivity index (χ1v) is 7.08. The van der Waals surface area contributed by atoms with Gasteiger partial charge in [-0.3, -0.25) is 9.59 Å². The van der Waals surface area contributed by atoms with Gasteiger partial charge in [0.25, 0.3) is 5.91 Å². The molecule has 0 spiro atoms. The molecule has 0 bridgehead atoms. The zero-order valence-electron chi connectivity index (χ0n) is 12.0. The molecule has 3 N–H and O–H groups in total. The van der Waals surface area contributed by atoms with Crippen LogP contribution in [0.15, 0.2) is 48.5 Å². The lowest BCUT2D eigenvalue weighted by atomic mass is 10.2. The van der Waals surface area contributed by atoms with Crippen LogP contribution in [0.25, 0.3) is 0 Å². The molecule has 0 atom stereocenters. The van der Waals surface area contributed by atoms with Crippen LogP contribution < -0.4 is 16.0 Å². The highest BCUT2D eigenvalue weighted by Gasteiger charge is 2.05. The molecule has 0 unspecified atom stereocenters. The smallest absolute Gasteiger partial charge is 0.251 e. The topological polar surface area (TPSA) is 70.2 Å². The molecular weight excluding hydrogens is 302 g/mol. The number of carbonyl (C=O) groups excluding carboxylic acids is 2. The summed E-state index contributed by atoms with van der Waals surface area (Å²) >= 11 is 5.78. The van der Waals surface area contributed by atoms with E-state index in [1.165, 1.54) is 0 Å². The van der Waals surface area contributed by atoms with Gasteiger partial charge in [0.2, 0.25) is 5.91 Å². The molecule has 2 amide bonds. The zero-order chi connectivity index (χ0) is 15.9. The monoisotopic (exact) mass is 317 g/mol. The summed E-state index contributed by atoms with van der Waals surface area (Å²) < 4.78 is 0. The highest BCUT2D eigenvalue weighted by atomic mass is 35.5. The lowest BCUT2D eigenvalue weighted by Crippen LogP contribution is -2.22. The lowest BCUT2D eigenvalue weighted by Gasteiger charge is -2.09. The molecule has 0 saturated carbocycles. The van der Waals surface area contributed by atoms with E-state index in [0.29, 0.717) is 22.0 Å². The van der Waals surface area contributed by atoms with Crippen LogP contribution in [-0.2, 0) is 4.79 Å². The summed E-state index contributed by atoms with van der Waals surface area (Å²) in [7, 11) is 1.57. The van der Waals surface area contributed by atoms with Crippen LogP contribution >= 0.6 is 11.6 Å². The first-order chi connectivity index (χ1) is 10.6. The van der Waals surface area contributed by atoms with E-state index in [0.717, 1.165) is 0 Å². The number of carbonyl (C=O) groups is 2. The van der Waals surface area contributed by atoms with E-state index in [1.807, 2.05) is 0 Å². The second-order valence-corrected chi connectivity index (χ2v) is 5.00. The Kier molecular flexibility index (Phi) is 5.38. The van der Waals surface area contributed by atoms with Crippen LogP contribution in [0.5, 0.6) is 0 Å². The van der Waals surface area contributed by atoms with E-state index in [9.17, 15) is 9.59 Å². The Balaban J connectivity index is 1.91. The summed E-state index contributed by atoms with van der Waals surface area (Å²) in [4.78, 5) is 23.4. The van der Waals surface area contributed by atoms with E-state index >= 15 is 0 Å². The van der Waals surface area contributed by atoms with Gasteiger partial charge in [0.1, 0.15) is 0 Å². The minimum absolute atomic E-state index is 0.0970. The maximum absolute atomic E-state index is 11.9. The largest absolute Gasteiger partial charge is 0.376 e. The Hall–Kier alpha value is -2.53. The van der Waals surface area contributed by atoms with Gasteiger partial charge in [0, 0.05) is 29.0 Å². The lowest BCUT2D eigenvalue weighted by molar-refractivity contribution is -0.114.